The van der Waals surface area contributed by atoms with Crippen LogP contribution in [0.3, 0.4) is 0 Å². The molecular weight excluding hydrogens is 1580 g/mol. The van der Waals surface area contributed by atoms with Crippen molar-refractivity contribution in [3.63, 3.8) is 0 Å². The maximum atomic E-state index is 6.41. The summed E-state index contributed by atoms with van der Waals surface area (Å²) in [7, 11) is -0.298. The molecule has 14 aromatic carbocycles. The number of thiophene rings is 3. The van der Waals surface area contributed by atoms with E-state index < -0.39 is 0 Å². The normalized spacial score (nSPS) is 13.4. The van der Waals surface area contributed by atoms with Crippen LogP contribution in [0.25, 0.3) is 133 Å². The van der Waals surface area contributed by atoms with Crippen molar-refractivity contribution in [3.8, 4) is 50.2 Å². The predicted octanol–water partition coefficient (Wildman–Crippen LogP) is 31.1. The third kappa shape index (κ3) is 15.5. The van der Waals surface area contributed by atoms with Gasteiger partial charge in [0, 0.05) is 95.6 Å². The molecule has 1 aliphatic heterocycles. The topological polar surface area (TPSA) is 23.4 Å². The standard InChI is InChI=1S/C30H18ClNS.C25H15ClS.C18H19BO2S.C13H8BrCl.C6H5Br.C5H12/c31-21-12-13-23-25-16-19(10-14-27(25)32(28(23)18-21)22-6-2-1-3-7-22)20-11-15-30-26(17-20)24-8-4-5-9-29(24)33-30;26-19-8-9-20-18(12-19)11-17-6-5-15(13-22(17)20)16-7-10-25-23(14-16)21-3-1-2-4-24(21)27-25;1-17(2)18(3,4)21-19(20-17)12-9-10-16-14(11-12)13-7-5-6-8-15(13)22-16;14-10-2-1-8-5-9-6-11(15)3-4-12(9)13(8)7-10;7-6-4-2-1-3-5-6;1-3-5-4-2/h1-18H;1-10,12-14H,11H2;5-11H,1-4H3;1-4,6-7H,5H2;1-5H;3-5H2,1-2H3. The van der Waals surface area contributed by atoms with Crippen LogP contribution in [0.2, 0.25) is 15.1 Å². The summed E-state index contributed by atoms with van der Waals surface area (Å²) in [6.07, 6.45) is 6.05. The first-order valence-electron chi connectivity index (χ1n) is 37.0. The Morgan fingerprint density at radius 1 is 0.339 bits per heavy atom. The second-order valence-electron chi connectivity index (χ2n) is 28.9. The van der Waals surface area contributed by atoms with Gasteiger partial charge in [-0.25, -0.2) is 0 Å². The lowest BCUT2D eigenvalue weighted by Crippen LogP contribution is -2.41. The van der Waals surface area contributed by atoms with Crippen LogP contribution in [0.5, 0.6) is 0 Å². The fourth-order valence-electron chi connectivity index (χ4n) is 14.9. The van der Waals surface area contributed by atoms with Crippen molar-refractivity contribution in [2.45, 2.75) is 84.8 Å². The van der Waals surface area contributed by atoms with Gasteiger partial charge in [0.2, 0.25) is 0 Å². The van der Waals surface area contributed by atoms with E-state index in [2.05, 4.69) is 321 Å². The van der Waals surface area contributed by atoms with Gasteiger partial charge in [-0.2, -0.15) is 0 Å². The molecule has 0 bridgehead atoms. The summed E-state index contributed by atoms with van der Waals surface area (Å²) in [5, 5.41) is 12.8. The monoisotopic (exact) mass is 1660 g/mol. The highest BCUT2D eigenvalue weighted by atomic mass is 79.9. The first-order valence-corrected chi connectivity index (χ1v) is 42.2. The number of halogens is 5. The maximum absolute atomic E-state index is 6.41. The number of para-hydroxylation sites is 1. The van der Waals surface area contributed by atoms with Gasteiger partial charge in [-0.1, -0.05) is 257 Å². The summed E-state index contributed by atoms with van der Waals surface area (Å²) >= 11 is 31.0. The minimum absolute atomic E-state index is 0.298. The van der Waals surface area contributed by atoms with Crippen LogP contribution in [-0.4, -0.2) is 22.9 Å². The number of hydrogen-bond donors (Lipinski definition) is 0. The van der Waals surface area contributed by atoms with E-state index in [9.17, 15) is 0 Å². The first kappa shape index (κ1) is 74.4. The minimum atomic E-state index is -0.302. The maximum Gasteiger partial charge on any atom is 0.494 e. The second-order valence-corrected chi connectivity index (χ2v) is 35.3. The molecule has 3 nitrogen and oxygen atoms in total. The van der Waals surface area contributed by atoms with Crippen LogP contribution in [0, 0.1) is 0 Å². The molecular formula is C97H77BBr2Cl3NO2S3. The van der Waals surface area contributed by atoms with Crippen LogP contribution >= 0.6 is 101 Å². The summed E-state index contributed by atoms with van der Waals surface area (Å²) < 4.78 is 24.9. The van der Waals surface area contributed by atoms with Crippen molar-refractivity contribution in [3.05, 3.63) is 344 Å². The highest BCUT2D eigenvalue weighted by Crippen LogP contribution is 2.45. The lowest BCUT2D eigenvalue weighted by atomic mass is 9.78. The smallest absolute Gasteiger partial charge is 0.399 e. The number of benzene rings is 14. The molecule has 1 fully saturated rings. The quantitative estimate of drug-likeness (QED) is 0.155. The summed E-state index contributed by atoms with van der Waals surface area (Å²) in [5.41, 5.74) is 19.7. The van der Waals surface area contributed by atoms with Crippen LogP contribution in [-0.2, 0) is 22.2 Å². The highest BCUT2D eigenvalue weighted by molar-refractivity contribution is 9.10. The molecule has 0 unspecified atom stereocenters. The van der Waals surface area contributed by atoms with E-state index in [1.165, 1.54) is 163 Å². The summed E-state index contributed by atoms with van der Waals surface area (Å²) in [6, 6.07) is 105. The number of nitrogens with zero attached hydrogens (tertiary/aromatic N) is 1. The molecule has 4 aromatic heterocycles. The highest BCUT2D eigenvalue weighted by Gasteiger charge is 2.51. The number of unbranched alkanes of at least 4 members (excludes halogenated alkanes) is 2. The van der Waals surface area contributed by atoms with Gasteiger partial charge in [-0.05, 0) is 258 Å². The largest absolute Gasteiger partial charge is 0.494 e. The van der Waals surface area contributed by atoms with Crippen LogP contribution < -0.4 is 5.46 Å². The third-order valence-electron chi connectivity index (χ3n) is 21.2. The van der Waals surface area contributed by atoms with Gasteiger partial charge in [0.15, 0.2) is 0 Å². The molecule has 0 atom stereocenters. The summed E-state index contributed by atoms with van der Waals surface area (Å²) in [6.45, 7) is 12.8. The molecule has 21 rings (SSSR count). The molecule has 2 aliphatic carbocycles. The van der Waals surface area contributed by atoms with Gasteiger partial charge in [-0.3, -0.25) is 0 Å². The lowest BCUT2D eigenvalue weighted by Gasteiger charge is -2.32. The van der Waals surface area contributed by atoms with Gasteiger partial charge < -0.3 is 13.9 Å². The van der Waals surface area contributed by atoms with Crippen molar-refractivity contribution in [1.29, 1.82) is 0 Å². The predicted molar refractivity (Wildman–Crippen MR) is 484 cm³/mol. The van der Waals surface area contributed by atoms with Crippen LogP contribution in [0.1, 0.15) is 83.1 Å². The summed E-state index contributed by atoms with van der Waals surface area (Å²) in [4.78, 5) is 0. The molecule has 1 saturated heterocycles. The number of aromatic nitrogens is 1. The van der Waals surface area contributed by atoms with Crippen LogP contribution in [0.15, 0.2) is 306 Å². The SMILES string of the molecule is Brc1ccccc1.CC1(C)OB(c2ccc3sc4ccccc4c3c2)OC1(C)C.CCCCC.Clc1ccc2c(c1)Cc1ccc(-c3ccc4sc5ccccc5c4c3)cc1-2.Clc1ccc2c(c1)Cc1ccc(Br)cc1-2.Clc1ccc2c3cc(-c4ccc5sc6ccccc6c5c4)ccc3n(-c3ccccc3)c2c1. The Labute approximate surface area is 681 Å². The Kier molecular flexibility index (Phi) is 21.8. The average Bonchev–Trinajstić information content (AvgIpc) is 1.59. The lowest BCUT2D eigenvalue weighted by molar-refractivity contribution is 0.00578. The molecule has 3 aliphatic rings. The third-order valence-corrected chi connectivity index (χ3v) is 26.4. The number of rotatable bonds is 6. The molecule has 0 spiro atoms. The zero-order valence-electron chi connectivity index (χ0n) is 61.3. The van der Waals surface area contributed by atoms with Crippen molar-refractivity contribution >= 4 is 196 Å². The zero-order chi connectivity index (χ0) is 75.1. The minimum Gasteiger partial charge on any atom is -0.399 e. The summed E-state index contributed by atoms with van der Waals surface area (Å²) in [5.74, 6) is 0. The molecule has 12 heteroatoms. The van der Waals surface area contributed by atoms with E-state index in [1.807, 2.05) is 88.6 Å². The van der Waals surface area contributed by atoms with Crippen molar-refractivity contribution in [2.75, 3.05) is 0 Å². The van der Waals surface area contributed by atoms with E-state index in [1.54, 1.807) is 0 Å². The van der Waals surface area contributed by atoms with Gasteiger partial charge >= 0.3 is 7.12 Å². The molecule has 538 valence electrons. The fraction of sp³-hybridized carbons (Fsp3) is 0.134. The van der Waals surface area contributed by atoms with E-state index in [0.717, 1.165) is 53.5 Å². The molecule has 0 saturated carbocycles. The van der Waals surface area contributed by atoms with E-state index in [0.29, 0.717) is 0 Å². The Morgan fingerprint density at radius 2 is 0.761 bits per heavy atom. The fourth-order valence-corrected chi connectivity index (χ4v) is 19.4. The van der Waals surface area contributed by atoms with Crippen molar-refractivity contribution < 1.29 is 9.31 Å². The number of fused-ring (bicyclic) bond motifs is 18. The second kappa shape index (κ2) is 32.0. The first-order chi connectivity index (χ1) is 52.9. The molecule has 18 aromatic rings. The van der Waals surface area contributed by atoms with Gasteiger partial charge in [0.1, 0.15) is 0 Å². The van der Waals surface area contributed by atoms with Crippen LogP contribution in [0.4, 0.5) is 0 Å². The zero-order valence-corrected chi connectivity index (χ0v) is 69.2. The Bertz CT molecular complexity index is 6400. The van der Waals surface area contributed by atoms with Crippen molar-refractivity contribution in [2.24, 2.45) is 0 Å². The van der Waals surface area contributed by atoms with E-state index >= 15 is 0 Å². The van der Waals surface area contributed by atoms with E-state index in [4.69, 9.17) is 44.1 Å². The Morgan fingerprint density at radius 3 is 1.28 bits per heavy atom. The van der Waals surface area contributed by atoms with E-state index in [-0.39, 0.29) is 18.3 Å². The van der Waals surface area contributed by atoms with Crippen molar-refractivity contribution in [1.82, 2.24) is 4.57 Å². The van der Waals surface area contributed by atoms with Gasteiger partial charge in [0.05, 0.1) is 22.2 Å². The van der Waals surface area contributed by atoms with Gasteiger partial charge in [0.25, 0.3) is 0 Å². The number of hydrogen-bond acceptors (Lipinski definition) is 5. The van der Waals surface area contributed by atoms with Gasteiger partial charge in [-0.15, -0.1) is 34.0 Å². The Hall–Kier alpha value is -8.65. The molecule has 0 N–H and O–H groups in total. The molecule has 0 radical (unpaired) electrons. The Balaban J connectivity index is 0.000000108. The molecule has 0 amide bonds. The average molecular weight is 1660 g/mol. The molecule has 109 heavy (non-hydrogen) atoms. The molecule has 5 heterocycles.